The van der Waals surface area contributed by atoms with E-state index in [9.17, 15) is 14.4 Å². The van der Waals surface area contributed by atoms with Gasteiger partial charge in [0.2, 0.25) is 0 Å². The summed E-state index contributed by atoms with van der Waals surface area (Å²) in [5.74, 6) is -0.941. The van der Waals surface area contributed by atoms with Gasteiger partial charge in [-0.15, -0.1) is 11.3 Å². The van der Waals surface area contributed by atoms with Gasteiger partial charge in [0.15, 0.2) is 5.82 Å². The Hall–Kier alpha value is -3.29. The molecule has 1 aliphatic heterocycles. The number of nitrogens with two attached hydrogens (primary N) is 1. The minimum Gasteiger partial charge on any atom is -0.365 e. The first kappa shape index (κ1) is 21.0. The standard InChI is InChI=1S/C21H22FN7OS/c1-13-25-9-17(31-13)10-28-7-6-14(8-23)19(12-28)29-11-18(20(24)30)21(27-29)26-16-4-2-15(22)3-5-16/h2-5,9,11,14,19H,6-7,10,12H2,1H3,(H2,24,30)(H,26,27). The summed E-state index contributed by atoms with van der Waals surface area (Å²) in [6.07, 6.45) is 4.17. The van der Waals surface area contributed by atoms with Crippen molar-refractivity contribution in [2.75, 3.05) is 18.4 Å². The van der Waals surface area contributed by atoms with Gasteiger partial charge in [-0.2, -0.15) is 10.4 Å². The molecule has 0 radical (unpaired) electrons. The molecule has 2 atom stereocenters. The Morgan fingerprint density at radius 1 is 1.42 bits per heavy atom. The van der Waals surface area contributed by atoms with Crippen LogP contribution in [-0.2, 0) is 6.54 Å². The van der Waals surface area contributed by atoms with Crippen molar-refractivity contribution in [1.29, 1.82) is 5.26 Å². The molecule has 3 aromatic rings. The first-order valence-corrected chi connectivity index (χ1v) is 10.7. The topological polar surface area (TPSA) is 113 Å². The number of hydrogen-bond donors (Lipinski definition) is 2. The van der Waals surface area contributed by atoms with Crippen molar-refractivity contribution in [1.82, 2.24) is 19.7 Å². The number of anilines is 2. The number of carbonyl (C=O) groups is 1. The molecule has 31 heavy (non-hydrogen) atoms. The van der Waals surface area contributed by atoms with Crippen LogP contribution in [0.25, 0.3) is 0 Å². The van der Waals surface area contributed by atoms with E-state index in [0.29, 0.717) is 18.7 Å². The third-order valence-corrected chi connectivity index (χ3v) is 6.22. The number of carbonyl (C=O) groups excluding carboxylic acids is 1. The number of nitrogens with one attached hydrogen (secondary N) is 1. The van der Waals surface area contributed by atoms with E-state index in [1.54, 1.807) is 34.3 Å². The highest BCUT2D eigenvalue weighted by atomic mass is 32.1. The predicted molar refractivity (Wildman–Crippen MR) is 115 cm³/mol. The van der Waals surface area contributed by atoms with Crippen LogP contribution in [0.5, 0.6) is 0 Å². The van der Waals surface area contributed by atoms with Crippen molar-refractivity contribution in [3.8, 4) is 6.07 Å². The average molecular weight is 440 g/mol. The van der Waals surface area contributed by atoms with Gasteiger partial charge in [0, 0.05) is 36.0 Å². The van der Waals surface area contributed by atoms with Gasteiger partial charge in [0.05, 0.1) is 23.0 Å². The number of benzene rings is 1. The lowest BCUT2D eigenvalue weighted by Crippen LogP contribution is -2.40. The van der Waals surface area contributed by atoms with Crippen molar-refractivity contribution < 1.29 is 9.18 Å². The molecule has 1 fully saturated rings. The highest BCUT2D eigenvalue weighted by Gasteiger charge is 2.32. The molecule has 0 aliphatic carbocycles. The molecule has 10 heteroatoms. The fourth-order valence-electron chi connectivity index (χ4n) is 3.76. The number of nitriles is 1. The van der Waals surface area contributed by atoms with E-state index in [1.165, 1.54) is 17.0 Å². The second-order valence-electron chi connectivity index (χ2n) is 7.54. The van der Waals surface area contributed by atoms with Crippen LogP contribution >= 0.6 is 11.3 Å². The van der Waals surface area contributed by atoms with Crippen LogP contribution in [0.3, 0.4) is 0 Å². The molecule has 1 saturated heterocycles. The highest BCUT2D eigenvalue weighted by molar-refractivity contribution is 7.11. The van der Waals surface area contributed by atoms with Gasteiger partial charge in [-0.1, -0.05) is 0 Å². The van der Waals surface area contributed by atoms with Crippen molar-refractivity contribution in [3.05, 3.63) is 57.9 Å². The Morgan fingerprint density at radius 3 is 2.84 bits per heavy atom. The van der Waals surface area contributed by atoms with E-state index < -0.39 is 5.91 Å². The number of primary amides is 1. The van der Waals surface area contributed by atoms with Gasteiger partial charge in [-0.05, 0) is 44.2 Å². The fourth-order valence-corrected chi connectivity index (χ4v) is 4.60. The average Bonchev–Trinajstić information content (AvgIpc) is 3.36. The van der Waals surface area contributed by atoms with Gasteiger partial charge in [0.1, 0.15) is 11.4 Å². The molecule has 8 nitrogen and oxygen atoms in total. The molecule has 160 valence electrons. The molecule has 0 bridgehead atoms. The van der Waals surface area contributed by atoms with Gasteiger partial charge in [-0.3, -0.25) is 14.4 Å². The second-order valence-corrected chi connectivity index (χ2v) is 8.86. The monoisotopic (exact) mass is 439 g/mol. The van der Waals surface area contributed by atoms with Crippen LogP contribution in [-0.4, -0.2) is 38.7 Å². The van der Waals surface area contributed by atoms with Crippen molar-refractivity contribution in [2.24, 2.45) is 11.7 Å². The summed E-state index contributed by atoms with van der Waals surface area (Å²) in [4.78, 5) is 19.8. The Balaban J connectivity index is 1.58. The van der Waals surface area contributed by atoms with Crippen LogP contribution in [0.2, 0.25) is 0 Å². The molecule has 2 unspecified atom stereocenters. The van der Waals surface area contributed by atoms with E-state index in [4.69, 9.17) is 5.73 Å². The van der Waals surface area contributed by atoms with Crippen LogP contribution in [0.4, 0.5) is 15.9 Å². The van der Waals surface area contributed by atoms with E-state index in [0.717, 1.165) is 18.1 Å². The third-order valence-electron chi connectivity index (χ3n) is 5.32. The summed E-state index contributed by atoms with van der Waals surface area (Å²) < 4.78 is 14.9. The summed E-state index contributed by atoms with van der Waals surface area (Å²) >= 11 is 1.66. The lowest BCUT2D eigenvalue weighted by Gasteiger charge is -2.35. The number of nitrogens with zero attached hydrogens (tertiary/aromatic N) is 5. The maximum atomic E-state index is 13.2. The van der Waals surface area contributed by atoms with E-state index in [1.807, 2.05) is 13.1 Å². The zero-order chi connectivity index (χ0) is 22.0. The van der Waals surface area contributed by atoms with E-state index in [-0.39, 0.29) is 29.2 Å². The molecular formula is C21H22FN7OS. The zero-order valence-electron chi connectivity index (χ0n) is 17.0. The molecule has 0 saturated carbocycles. The Morgan fingerprint density at radius 2 is 2.19 bits per heavy atom. The Bertz CT molecular complexity index is 1120. The van der Waals surface area contributed by atoms with Gasteiger partial charge in [-0.25, -0.2) is 9.37 Å². The van der Waals surface area contributed by atoms with Crippen LogP contribution in [0.15, 0.2) is 36.7 Å². The minimum atomic E-state index is -0.628. The van der Waals surface area contributed by atoms with E-state index >= 15 is 0 Å². The summed E-state index contributed by atoms with van der Waals surface area (Å²) in [7, 11) is 0. The highest BCUT2D eigenvalue weighted by Crippen LogP contribution is 2.31. The van der Waals surface area contributed by atoms with Crippen LogP contribution in [0.1, 0.15) is 32.7 Å². The van der Waals surface area contributed by atoms with Crippen molar-refractivity contribution >= 4 is 28.7 Å². The fraction of sp³-hybridized carbons (Fsp3) is 0.333. The minimum absolute atomic E-state index is 0.219. The molecule has 1 aromatic carbocycles. The number of hydrogen-bond acceptors (Lipinski definition) is 7. The normalized spacial score (nSPS) is 19.1. The number of amides is 1. The quantitative estimate of drug-likeness (QED) is 0.610. The van der Waals surface area contributed by atoms with Crippen LogP contribution in [0, 0.1) is 30.0 Å². The van der Waals surface area contributed by atoms with Crippen LogP contribution < -0.4 is 11.1 Å². The summed E-state index contributed by atoms with van der Waals surface area (Å²) in [6, 6.07) is 7.89. The lowest BCUT2D eigenvalue weighted by molar-refractivity contribution is 0.1000. The molecule has 3 N–H and O–H groups in total. The molecule has 0 spiro atoms. The molecule has 3 heterocycles. The lowest BCUT2D eigenvalue weighted by atomic mass is 9.93. The summed E-state index contributed by atoms with van der Waals surface area (Å²) in [5.41, 5.74) is 6.36. The second kappa shape index (κ2) is 8.83. The molecular weight excluding hydrogens is 417 g/mol. The molecule has 1 amide bonds. The Kier molecular flexibility index (Phi) is 5.97. The molecule has 2 aromatic heterocycles. The third kappa shape index (κ3) is 4.73. The summed E-state index contributed by atoms with van der Waals surface area (Å²) in [5, 5.41) is 18.3. The largest absolute Gasteiger partial charge is 0.365 e. The molecule has 4 rings (SSSR count). The maximum absolute atomic E-state index is 13.2. The van der Waals surface area contributed by atoms with Crippen molar-refractivity contribution in [3.63, 3.8) is 0 Å². The first-order valence-electron chi connectivity index (χ1n) is 9.87. The van der Waals surface area contributed by atoms with Gasteiger partial charge >= 0.3 is 0 Å². The predicted octanol–water partition coefficient (Wildman–Crippen LogP) is 3.22. The molecule has 1 aliphatic rings. The number of piperidine rings is 1. The number of rotatable bonds is 6. The number of aryl methyl sites for hydroxylation is 1. The number of thiazole rings is 1. The Labute approximate surface area is 183 Å². The SMILES string of the molecule is Cc1ncc(CN2CCC(C#N)C(n3cc(C(N)=O)c(Nc4ccc(F)cc4)n3)C2)s1. The zero-order valence-corrected chi connectivity index (χ0v) is 17.8. The number of halogens is 1. The number of aromatic nitrogens is 3. The number of likely N-dealkylation sites (tertiary alicyclic amines) is 1. The summed E-state index contributed by atoms with van der Waals surface area (Å²) in [6.45, 7) is 4.15. The van der Waals surface area contributed by atoms with Gasteiger partial charge in [0.25, 0.3) is 5.91 Å². The first-order chi connectivity index (χ1) is 14.9. The smallest absolute Gasteiger partial charge is 0.254 e. The van der Waals surface area contributed by atoms with Crippen molar-refractivity contribution in [2.45, 2.75) is 25.9 Å². The maximum Gasteiger partial charge on any atom is 0.254 e. The van der Waals surface area contributed by atoms with E-state index in [2.05, 4.69) is 26.4 Å². The van der Waals surface area contributed by atoms with Gasteiger partial charge < -0.3 is 11.1 Å².